The molecule has 1 aromatic heterocycles. The lowest BCUT2D eigenvalue weighted by molar-refractivity contribution is -0.645. The van der Waals surface area contributed by atoms with Crippen molar-refractivity contribution in [2.75, 3.05) is 5.75 Å². The van der Waals surface area contributed by atoms with Gasteiger partial charge in [-0.3, -0.25) is 4.79 Å². The Hall–Kier alpha value is -1.23. The number of hydrogen-bond donors (Lipinski definition) is 1. The zero-order chi connectivity index (χ0) is 14.5. The summed E-state index contributed by atoms with van der Waals surface area (Å²) in [5, 5.41) is 15.2. The van der Waals surface area contributed by atoms with Crippen LogP contribution in [0.1, 0.15) is 33.1 Å². The summed E-state index contributed by atoms with van der Waals surface area (Å²) < 4.78 is 0.795. The first-order chi connectivity index (χ1) is 9.58. The SMILES string of the molecule is C[C@@H]1[C@@H](C)CCC[C@H]1NC(=O)CSc1cccc[n+]1[O-]. The number of carbonyl (C=O) groups excluding carboxylic acids is 1. The minimum Gasteiger partial charge on any atom is -0.618 e. The maximum atomic E-state index is 12.0. The van der Waals surface area contributed by atoms with Gasteiger partial charge in [-0.05, 0) is 36.1 Å². The molecule has 0 aliphatic heterocycles. The summed E-state index contributed by atoms with van der Waals surface area (Å²) in [6.07, 6.45) is 4.95. The lowest BCUT2D eigenvalue weighted by Gasteiger charge is -2.34. The first-order valence-corrected chi connectivity index (χ1v) is 8.17. The highest BCUT2D eigenvalue weighted by Crippen LogP contribution is 2.29. The van der Waals surface area contributed by atoms with Gasteiger partial charge in [0.05, 0.1) is 5.75 Å². The molecule has 5 heteroatoms. The van der Waals surface area contributed by atoms with Crippen LogP contribution in [0.4, 0.5) is 0 Å². The lowest BCUT2D eigenvalue weighted by Crippen LogP contribution is -2.44. The van der Waals surface area contributed by atoms with Crippen molar-refractivity contribution in [1.82, 2.24) is 5.32 Å². The van der Waals surface area contributed by atoms with E-state index in [2.05, 4.69) is 19.2 Å². The van der Waals surface area contributed by atoms with E-state index in [1.165, 1.54) is 30.8 Å². The molecule has 20 heavy (non-hydrogen) atoms. The minimum absolute atomic E-state index is 0.0183. The number of hydrogen-bond acceptors (Lipinski definition) is 3. The van der Waals surface area contributed by atoms with Crippen molar-refractivity contribution >= 4 is 17.7 Å². The van der Waals surface area contributed by atoms with Gasteiger partial charge in [0.15, 0.2) is 6.20 Å². The molecule has 3 atom stereocenters. The molecule has 110 valence electrons. The van der Waals surface area contributed by atoms with Crippen molar-refractivity contribution in [2.24, 2.45) is 11.8 Å². The van der Waals surface area contributed by atoms with E-state index >= 15 is 0 Å². The monoisotopic (exact) mass is 294 g/mol. The van der Waals surface area contributed by atoms with Crippen molar-refractivity contribution in [1.29, 1.82) is 0 Å². The molecule has 1 fully saturated rings. The van der Waals surface area contributed by atoms with E-state index in [-0.39, 0.29) is 11.9 Å². The second kappa shape index (κ2) is 6.97. The number of thioether (sulfide) groups is 1. The van der Waals surface area contributed by atoms with Crippen molar-refractivity contribution < 1.29 is 9.52 Å². The molecule has 1 saturated carbocycles. The Labute approximate surface area is 124 Å². The molecule has 0 aromatic carbocycles. The van der Waals surface area contributed by atoms with Crippen LogP contribution in [0.2, 0.25) is 0 Å². The van der Waals surface area contributed by atoms with Crippen LogP contribution >= 0.6 is 11.8 Å². The summed E-state index contributed by atoms with van der Waals surface area (Å²) in [6, 6.07) is 5.50. The summed E-state index contributed by atoms with van der Waals surface area (Å²) in [5.74, 6) is 1.51. The highest BCUT2D eigenvalue weighted by molar-refractivity contribution is 7.99. The summed E-state index contributed by atoms with van der Waals surface area (Å²) in [5.41, 5.74) is 0. The molecule has 4 nitrogen and oxygen atoms in total. The summed E-state index contributed by atoms with van der Waals surface area (Å²) in [7, 11) is 0. The van der Waals surface area contributed by atoms with E-state index < -0.39 is 0 Å². The maximum absolute atomic E-state index is 12.0. The quantitative estimate of drug-likeness (QED) is 0.527. The number of nitrogens with zero attached hydrogens (tertiary/aromatic N) is 1. The van der Waals surface area contributed by atoms with Crippen LogP contribution in [0.15, 0.2) is 29.4 Å². The number of nitrogens with one attached hydrogen (secondary N) is 1. The molecular formula is C15H22N2O2S. The van der Waals surface area contributed by atoms with E-state index in [0.29, 0.717) is 22.6 Å². The van der Waals surface area contributed by atoms with Gasteiger partial charge in [-0.15, -0.1) is 0 Å². The third-order valence-electron chi connectivity index (χ3n) is 4.19. The fourth-order valence-corrected chi connectivity index (χ4v) is 3.42. The summed E-state index contributed by atoms with van der Waals surface area (Å²) in [6.45, 7) is 4.47. The molecule has 0 spiro atoms. The van der Waals surface area contributed by atoms with E-state index in [1.807, 2.05) is 0 Å². The van der Waals surface area contributed by atoms with Gasteiger partial charge < -0.3 is 10.5 Å². The van der Waals surface area contributed by atoms with Crippen LogP contribution in [0.3, 0.4) is 0 Å². The van der Waals surface area contributed by atoms with Crippen molar-refractivity contribution in [3.8, 4) is 0 Å². The smallest absolute Gasteiger partial charge is 0.251 e. The Morgan fingerprint density at radius 1 is 1.45 bits per heavy atom. The van der Waals surface area contributed by atoms with E-state index in [4.69, 9.17) is 0 Å². The van der Waals surface area contributed by atoms with E-state index in [1.54, 1.807) is 18.2 Å². The summed E-state index contributed by atoms with van der Waals surface area (Å²) >= 11 is 1.28. The first-order valence-electron chi connectivity index (χ1n) is 7.18. The maximum Gasteiger partial charge on any atom is 0.251 e. The minimum atomic E-state index is 0.0183. The number of carbonyl (C=O) groups is 1. The van der Waals surface area contributed by atoms with Crippen LogP contribution in [-0.2, 0) is 4.79 Å². The van der Waals surface area contributed by atoms with Gasteiger partial charge in [0.25, 0.3) is 5.03 Å². The second-order valence-electron chi connectivity index (χ2n) is 5.59. The van der Waals surface area contributed by atoms with Gasteiger partial charge in [0.2, 0.25) is 5.91 Å². The van der Waals surface area contributed by atoms with E-state index in [0.717, 1.165) is 11.2 Å². The second-order valence-corrected chi connectivity index (χ2v) is 6.59. The topological polar surface area (TPSA) is 56.0 Å². The third-order valence-corrected chi connectivity index (χ3v) is 5.21. The third kappa shape index (κ3) is 3.88. The largest absolute Gasteiger partial charge is 0.618 e. The normalized spacial score (nSPS) is 26.2. The Kier molecular flexibility index (Phi) is 5.29. The molecule has 1 aliphatic carbocycles. The predicted octanol–water partition coefficient (Wildman–Crippen LogP) is 2.35. The molecule has 2 rings (SSSR count). The van der Waals surface area contributed by atoms with Gasteiger partial charge in [0.1, 0.15) is 0 Å². The Morgan fingerprint density at radius 2 is 2.25 bits per heavy atom. The van der Waals surface area contributed by atoms with Crippen molar-refractivity contribution in [2.45, 2.75) is 44.2 Å². The lowest BCUT2D eigenvalue weighted by atomic mass is 9.78. The Bertz CT molecular complexity index is 467. The molecule has 0 radical (unpaired) electrons. The molecule has 0 saturated heterocycles. The van der Waals surface area contributed by atoms with Gasteiger partial charge in [-0.1, -0.05) is 26.7 Å². The van der Waals surface area contributed by atoms with Crippen LogP contribution in [0.5, 0.6) is 0 Å². The van der Waals surface area contributed by atoms with Crippen molar-refractivity contribution in [3.63, 3.8) is 0 Å². The molecule has 0 bridgehead atoms. The molecular weight excluding hydrogens is 272 g/mol. The fourth-order valence-electron chi connectivity index (χ4n) is 2.70. The van der Waals surface area contributed by atoms with Gasteiger partial charge >= 0.3 is 0 Å². The number of amides is 1. The average Bonchev–Trinajstić information content (AvgIpc) is 2.43. The first kappa shape index (κ1) is 15.2. The van der Waals surface area contributed by atoms with Crippen LogP contribution in [-0.4, -0.2) is 17.7 Å². The molecule has 1 aromatic rings. The summed E-state index contributed by atoms with van der Waals surface area (Å²) in [4.78, 5) is 12.0. The van der Waals surface area contributed by atoms with Gasteiger partial charge in [0, 0.05) is 18.2 Å². The fraction of sp³-hybridized carbons (Fsp3) is 0.600. The van der Waals surface area contributed by atoms with Gasteiger partial charge in [-0.2, -0.15) is 4.73 Å². The molecule has 1 N–H and O–H groups in total. The van der Waals surface area contributed by atoms with Crippen LogP contribution < -0.4 is 10.0 Å². The van der Waals surface area contributed by atoms with E-state index in [9.17, 15) is 10.0 Å². The van der Waals surface area contributed by atoms with Crippen molar-refractivity contribution in [3.05, 3.63) is 29.6 Å². The molecule has 1 heterocycles. The van der Waals surface area contributed by atoms with Gasteiger partial charge in [-0.25, -0.2) is 0 Å². The molecule has 1 aliphatic rings. The predicted molar refractivity (Wildman–Crippen MR) is 80.2 cm³/mol. The van der Waals surface area contributed by atoms with Crippen LogP contribution in [0.25, 0.3) is 0 Å². The number of aromatic nitrogens is 1. The molecule has 1 amide bonds. The molecule has 0 unspecified atom stereocenters. The average molecular weight is 294 g/mol. The van der Waals surface area contributed by atoms with Crippen LogP contribution in [0, 0.1) is 17.0 Å². The number of rotatable bonds is 4. The Morgan fingerprint density at radius 3 is 3.00 bits per heavy atom. The highest BCUT2D eigenvalue weighted by atomic mass is 32.2. The zero-order valence-electron chi connectivity index (χ0n) is 12.0. The highest BCUT2D eigenvalue weighted by Gasteiger charge is 2.28. The standard InChI is InChI=1S/C15H22N2O2S/c1-11-6-5-7-13(12(11)2)16-14(18)10-20-15-8-3-4-9-17(15)19/h3-4,8-9,11-13H,5-7,10H2,1-2H3,(H,16,18)/t11-,12+,13+/m0/s1. The number of pyridine rings is 1. The zero-order valence-corrected chi connectivity index (χ0v) is 12.9. The Balaban J connectivity index is 1.82.